The summed E-state index contributed by atoms with van der Waals surface area (Å²) < 4.78 is 15.7. The van der Waals surface area contributed by atoms with Gasteiger partial charge in [0.1, 0.15) is 17.6 Å². The first kappa shape index (κ1) is 26.9. The molecule has 0 saturated heterocycles. The van der Waals surface area contributed by atoms with Crippen molar-refractivity contribution in [3.8, 4) is 12.1 Å². The first-order valence-corrected chi connectivity index (χ1v) is 14.6. The SMILES string of the molecule is N#Cc1cnc2c(Cl)cc(NC(c3ccc(F)cc3)c3cn(C4CC4)nn3)cc2c1NC(c1ccccc1)C1C[C@@H]1C#N. The number of nitriles is 2. The van der Waals surface area contributed by atoms with Gasteiger partial charge >= 0.3 is 0 Å². The Morgan fingerprint density at radius 3 is 2.49 bits per heavy atom. The Morgan fingerprint density at radius 1 is 1.00 bits per heavy atom. The maximum absolute atomic E-state index is 13.8. The van der Waals surface area contributed by atoms with Gasteiger partial charge in [-0.05, 0) is 54.7 Å². The van der Waals surface area contributed by atoms with Crippen LogP contribution in [-0.2, 0) is 0 Å². The van der Waals surface area contributed by atoms with E-state index in [2.05, 4.69) is 38.1 Å². The number of halogens is 2. The van der Waals surface area contributed by atoms with Crippen molar-refractivity contribution in [3.05, 3.63) is 112 Å². The zero-order valence-corrected chi connectivity index (χ0v) is 23.7. The molecule has 2 fully saturated rings. The van der Waals surface area contributed by atoms with Crippen molar-refractivity contribution in [2.75, 3.05) is 10.6 Å². The van der Waals surface area contributed by atoms with E-state index in [4.69, 9.17) is 11.6 Å². The Balaban J connectivity index is 1.31. The van der Waals surface area contributed by atoms with Crippen molar-refractivity contribution in [3.63, 3.8) is 0 Å². The van der Waals surface area contributed by atoms with Crippen molar-refractivity contribution < 1.29 is 4.39 Å². The van der Waals surface area contributed by atoms with Crippen LogP contribution >= 0.6 is 11.6 Å². The Labute approximate surface area is 252 Å². The molecule has 0 radical (unpaired) electrons. The topological polar surface area (TPSA) is 115 Å². The van der Waals surface area contributed by atoms with Crippen molar-refractivity contribution in [2.24, 2.45) is 11.8 Å². The first-order chi connectivity index (χ1) is 21.0. The summed E-state index contributed by atoms with van der Waals surface area (Å²) in [6, 6.07) is 24.3. The van der Waals surface area contributed by atoms with E-state index in [0.717, 1.165) is 30.4 Å². The molecule has 0 bridgehead atoms. The van der Waals surface area contributed by atoms with E-state index in [1.165, 1.54) is 18.3 Å². The fourth-order valence-electron chi connectivity index (χ4n) is 5.66. The highest BCUT2D eigenvalue weighted by Crippen LogP contribution is 2.49. The molecule has 10 heteroatoms. The quantitative estimate of drug-likeness (QED) is 0.185. The Kier molecular flexibility index (Phi) is 6.89. The summed E-state index contributed by atoms with van der Waals surface area (Å²) in [6.45, 7) is 0. The van der Waals surface area contributed by atoms with E-state index in [0.29, 0.717) is 44.6 Å². The lowest BCUT2D eigenvalue weighted by Gasteiger charge is -2.23. The second kappa shape index (κ2) is 11.0. The van der Waals surface area contributed by atoms with E-state index < -0.39 is 6.04 Å². The summed E-state index contributed by atoms with van der Waals surface area (Å²) >= 11 is 6.82. The van der Waals surface area contributed by atoms with E-state index in [1.807, 2.05) is 47.3 Å². The lowest BCUT2D eigenvalue weighted by atomic mass is 9.99. The van der Waals surface area contributed by atoms with Crippen LogP contribution in [0.15, 0.2) is 79.1 Å². The molecule has 0 spiro atoms. The van der Waals surface area contributed by atoms with Gasteiger partial charge in [-0.1, -0.05) is 59.3 Å². The van der Waals surface area contributed by atoms with E-state index >= 15 is 0 Å². The summed E-state index contributed by atoms with van der Waals surface area (Å²) in [5.41, 5.74) is 4.73. The zero-order valence-electron chi connectivity index (χ0n) is 23.0. The van der Waals surface area contributed by atoms with Gasteiger partial charge in [-0.15, -0.1) is 5.10 Å². The van der Waals surface area contributed by atoms with Gasteiger partial charge in [0.25, 0.3) is 0 Å². The maximum atomic E-state index is 13.8. The number of nitrogens with zero attached hydrogens (tertiary/aromatic N) is 6. The molecule has 0 aliphatic heterocycles. The molecule has 8 nitrogen and oxygen atoms in total. The maximum Gasteiger partial charge on any atom is 0.123 e. The Hall–Kier alpha value is -4.99. The summed E-state index contributed by atoms with van der Waals surface area (Å²) in [5, 5.41) is 36.7. The fourth-order valence-corrected chi connectivity index (χ4v) is 5.93. The van der Waals surface area contributed by atoms with Crippen molar-refractivity contribution in [2.45, 2.75) is 37.4 Å². The molecule has 5 aromatic rings. The molecule has 3 unspecified atom stereocenters. The van der Waals surface area contributed by atoms with Crippen LogP contribution in [0.25, 0.3) is 10.9 Å². The van der Waals surface area contributed by atoms with Crippen LogP contribution in [0.3, 0.4) is 0 Å². The number of pyridine rings is 1. The predicted molar refractivity (Wildman–Crippen MR) is 162 cm³/mol. The number of nitrogens with one attached hydrogen (secondary N) is 2. The number of rotatable bonds is 9. The molecule has 2 saturated carbocycles. The predicted octanol–water partition coefficient (Wildman–Crippen LogP) is 7.34. The molecule has 2 aliphatic rings. The minimum Gasteiger partial charge on any atom is -0.376 e. The van der Waals surface area contributed by atoms with Gasteiger partial charge in [0.2, 0.25) is 0 Å². The molecule has 7 rings (SSSR count). The molecule has 2 aliphatic carbocycles. The third-order valence-corrected chi connectivity index (χ3v) is 8.48. The van der Waals surface area contributed by atoms with E-state index in [9.17, 15) is 14.9 Å². The van der Waals surface area contributed by atoms with Crippen LogP contribution in [0.1, 0.15) is 59.8 Å². The highest BCUT2D eigenvalue weighted by molar-refractivity contribution is 6.35. The van der Waals surface area contributed by atoms with Crippen molar-refractivity contribution in [1.82, 2.24) is 20.0 Å². The first-order valence-electron chi connectivity index (χ1n) is 14.2. The molecule has 2 heterocycles. The molecule has 4 atom stereocenters. The number of fused-ring (bicyclic) bond motifs is 1. The van der Waals surface area contributed by atoms with Gasteiger partial charge in [-0.3, -0.25) is 4.98 Å². The van der Waals surface area contributed by atoms with Gasteiger partial charge in [0.05, 0.1) is 58.1 Å². The third kappa shape index (κ3) is 5.36. The largest absolute Gasteiger partial charge is 0.376 e. The number of benzene rings is 3. The number of hydrogen-bond donors (Lipinski definition) is 2. The number of hydrogen-bond acceptors (Lipinski definition) is 7. The van der Waals surface area contributed by atoms with Crippen LogP contribution in [-0.4, -0.2) is 20.0 Å². The third-order valence-electron chi connectivity index (χ3n) is 8.20. The fraction of sp³-hybridized carbons (Fsp3) is 0.242. The summed E-state index contributed by atoms with van der Waals surface area (Å²) in [6.07, 6.45) is 6.37. The minimum absolute atomic E-state index is 0.0577. The summed E-state index contributed by atoms with van der Waals surface area (Å²) in [4.78, 5) is 4.52. The van der Waals surface area contributed by atoms with Gasteiger partial charge in [0.15, 0.2) is 0 Å². The Bertz CT molecular complexity index is 1890. The molecular formula is C33H26ClFN8. The highest BCUT2D eigenvalue weighted by Gasteiger charge is 2.44. The smallest absolute Gasteiger partial charge is 0.123 e. The average Bonchev–Trinajstić information content (AvgIpc) is 3.97. The standard InChI is InChI=1S/C33H26ClFN8/c34-28-14-24(39-32(20-6-8-23(35)9-7-20)29-18-43(42-41-29)25-10-11-25)13-27-31(22(16-37)17-38-33(27)28)40-30(26-12-21(26)15-36)19-4-2-1-3-5-19/h1-9,13-14,17-18,21,25-26,30,32,39H,10-12H2,(H,38,40)/t21-,26?,30?,32?/m1/s1. The second-order valence-corrected chi connectivity index (χ2v) is 11.6. The van der Waals surface area contributed by atoms with Gasteiger partial charge in [0, 0.05) is 23.2 Å². The molecule has 43 heavy (non-hydrogen) atoms. The Morgan fingerprint density at radius 2 is 1.79 bits per heavy atom. The average molecular weight is 589 g/mol. The summed E-state index contributed by atoms with van der Waals surface area (Å²) in [5.74, 6) is -0.278. The molecule has 2 N–H and O–H groups in total. The second-order valence-electron chi connectivity index (χ2n) is 11.2. The molecule has 2 aromatic heterocycles. The van der Waals surface area contributed by atoms with Crippen LogP contribution in [0.5, 0.6) is 0 Å². The highest BCUT2D eigenvalue weighted by atomic mass is 35.5. The van der Waals surface area contributed by atoms with E-state index in [1.54, 1.807) is 18.2 Å². The number of aromatic nitrogens is 4. The van der Waals surface area contributed by atoms with Gasteiger partial charge in [-0.25, -0.2) is 9.07 Å². The molecule has 3 aromatic carbocycles. The summed E-state index contributed by atoms with van der Waals surface area (Å²) in [7, 11) is 0. The molecular weight excluding hydrogens is 563 g/mol. The molecule has 212 valence electrons. The number of anilines is 2. The van der Waals surface area contributed by atoms with E-state index in [-0.39, 0.29) is 23.7 Å². The lowest BCUT2D eigenvalue weighted by Crippen LogP contribution is -2.16. The van der Waals surface area contributed by atoms with Crippen molar-refractivity contribution >= 4 is 33.9 Å². The monoisotopic (exact) mass is 588 g/mol. The molecule has 0 amide bonds. The normalized spacial score (nSPS) is 18.8. The van der Waals surface area contributed by atoms with Crippen LogP contribution in [0.4, 0.5) is 15.8 Å². The van der Waals surface area contributed by atoms with Gasteiger partial charge < -0.3 is 10.6 Å². The van der Waals surface area contributed by atoms with Crippen LogP contribution in [0.2, 0.25) is 5.02 Å². The van der Waals surface area contributed by atoms with Crippen molar-refractivity contribution in [1.29, 1.82) is 10.5 Å². The van der Waals surface area contributed by atoms with Crippen LogP contribution in [0, 0.1) is 40.3 Å². The lowest BCUT2D eigenvalue weighted by molar-refractivity contribution is 0.610. The van der Waals surface area contributed by atoms with Crippen LogP contribution < -0.4 is 10.6 Å². The zero-order chi connectivity index (χ0) is 29.5. The van der Waals surface area contributed by atoms with Gasteiger partial charge in [-0.2, -0.15) is 10.5 Å². The minimum atomic E-state index is -0.440.